The standard InChI is InChI=1S/C22H25N5O3/c28-21(19-8-4-5-9-23-19)24-14-22(29)15-27(10-11-30-16-22)13-18-12-25-26-20(18)17-6-2-1-3-7-17/h1-9,12,29H,10-11,13-16H2,(H,24,28)(H,25,26)/t22-/m0/s1. The molecule has 0 unspecified atom stereocenters. The van der Waals surface area contributed by atoms with Crippen molar-refractivity contribution >= 4 is 5.91 Å². The highest BCUT2D eigenvalue weighted by Gasteiger charge is 2.33. The van der Waals surface area contributed by atoms with E-state index in [1.807, 2.05) is 36.5 Å². The number of rotatable bonds is 6. The summed E-state index contributed by atoms with van der Waals surface area (Å²) < 4.78 is 5.63. The molecule has 8 heteroatoms. The molecule has 1 aliphatic rings. The normalized spacial score (nSPS) is 19.9. The lowest BCUT2D eigenvalue weighted by Gasteiger charge is -2.30. The summed E-state index contributed by atoms with van der Waals surface area (Å²) in [4.78, 5) is 18.5. The first-order valence-corrected chi connectivity index (χ1v) is 9.92. The van der Waals surface area contributed by atoms with E-state index >= 15 is 0 Å². The second-order valence-electron chi connectivity index (χ2n) is 7.52. The number of nitrogens with one attached hydrogen (secondary N) is 2. The Kier molecular flexibility index (Phi) is 6.18. The Morgan fingerprint density at radius 3 is 2.87 bits per heavy atom. The van der Waals surface area contributed by atoms with Crippen molar-refractivity contribution in [3.8, 4) is 11.3 Å². The molecular weight excluding hydrogens is 382 g/mol. The van der Waals surface area contributed by atoms with Crippen LogP contribution in [-0.4, -0.2) is 69.5 Å². The molecule has 0 bridgehead atoms. The molecule has 0 radical (unpaired) electrons. The van der Waals surface area contributed by atoms with Gasteiger partial charge in [0, 0.05) is 31.4 Å². The summed E-state index contributed by atoms with van der Waals surface area (Å²) in [7, 11) is 0. The molecule has 0 saturated carbocycles. The minimum absolute atomic E-state index is 0.0792. The van der Waals surface area contributed by atoms with E-state index in [1.165, 1.54) is 0 Å². The smallest absolute Gasteiger partial charge is 0.269 e. The molecule has 3 aromatic rings. The number of pyridine rings is 1. The zero-order chi connectivity index (χ0) is 20.8. The van der Waals surface area contributed by atoms with Crippen molar-refractivity contribution in [2.75, 3.05) is 32.8 Å². The quantitative estimate of drug-likeness (QED) is 0.572. The average molecular weight is 407 g/mol. The van der Waals surface area contributed by atoms with Crippen molar-refractivity contribution in [3.05, 3.63) is 72.2 Å². The topological polar surface area (TPSA) is 103 Å². The average Bonchev–Trinajstić information content (AvgIpc) is 3.16. The third-order valence-corrected chi connectivity index (χ3v) is 5.09. The van der Waals surface area contributed by atoms with Gasteiger partial charge in [0.25, 0.3) is 5.91 Å². The van der Waals surface area contributed by atoms with Crippen molar-refractivity contribution < 1.29 is 14.6 Å². The fraction of sp³-hybridized carbons (Fsp3) is 0.318. The highest BCUT2D eigenvalue weighted by atomic mass is 16.5. The van der Waals surface area contributed by atoms with Crippen molar-refractivity contribution in [2.24, 2.45) is 0 Å². The molecule has 1 fully saturated rings. The zero-order valence-corrected chi connectivity index (χ0v) is 16.6. The molecule has 1 amide bonds. The molecule has 3 heterocycles. The Labute approximate surface area is 174 Å². The van der Waals surface area contributed by atoms with Crippen LogP contribution in [0.4, 0.5) is 0 Å². The number of amides is 1. The summed E-state index contributed by atoms with van der Waals surface area (Å²) in [6.45, 7) is 2.40. The van der Waals surface area contributed by atoms with Crippen molar-refractivity contribution in [1.82, 2.24) is 25.4 Å². The van der Waals surface area contributed by atoms with Crippen LogP contribution in [0.3, 0.4) is 0 Å². The van der Waals surface area contributed by atoms with Gasteiger partial charge in [-0.1, -0.05) is 36.4 Å². The number of hydrogen-bond donors (Lipinski definition) is 3. The fourth-order valence-electron chi connectivity index (χ4n) is 3.60. The number of hydrogen-bond acceptors (Lipinski definition) is 6. The Morgan fingerprint density at radius 1 is 1.23 bits per heavy atom. The maximum Gasteiger partial charge on any atom is 0.269 e. The molecule has 1 aliphatic heterocycles. The van der Waals surface area contributed by atoms with Gasteiger partial charge in [0.05, 0.1) is 31.6 Å². The number of aromatic nitrogens is 3. The minimum atomic E-state index is -1.20. The Hall–Kier alpha value is -3.07. The molecule has 2 aromatic heterocycles. The number of H-pyrrole nitrogens is 1. The zero-order valence-electron chi connectivity index (χ0n) is 16.6. The summed E-state index contributed by atoms with van der Waals surface area (Å²) in [6.07, 6.45) is 3.38. The third kappa shape index (κ3) is 4.91. The SMILES string of the molecule is O=C(NC[C@@]1(O)COCCN(Cc2cn[nH]c2-c2ccccc2)C1)c1ccccn1. The van der Waals surface area contributed by atoms with Gasteiger partial charge >= 0.3 is 0 Å². The maximum absolute atomic E-state index is 12.3. The summed E-state index contributed by atoms with van der Waals surface area (Å²) in [5.74, 6) is -0.318. The third-order valence-electron chi connectivity index (χ3n) is 5.09. The summed E-state index contributed by atoms with van der Waals surface area (Å²) in [5, 5.41) is 21.2. The number of benzene rings is 1. The van der Waals surface area contributed by atoms with Gasteiger partial charge < -0.3 is 15.2 Å². The van der Waals surface area contributed by atoms with Crippen LogP contribution >= 0.6 is 0 Å². The first kappa shape index (κ1) is 20.2. The lowest BCUT2D eigenvalue weighted by molar-refractivity contribution is -0.0345. The van der Waals surface area contributed by atoms with E-state index in [-0.39, 0.29) is 19.1 Å². The number of carbonyl (C=O) groups is 1. The molecule has 156 valence electrons. The van der Waals surface area contributed by atoms with Crippen LogP contribution in [0.2, 0.25) is 0 Å². The number of β-amino-alcohol motifs (C(OH)–C–C–N with tert-alkyl or cyclic N) is 1. The second kappa shape index (κ2) is 9.17. The van der Waals surface area contributed by atoms with E-state index < -0.39 is 5.60 Å². The van der Waals surface area contributed by atoms with Crippen LogP contribution in [0.1, 0.15) is 16.1 Å². The molecule has 8 nitrogen and oxygen atoms in total. The Balaban J connectivity index is 1.42. The van der Waals surface area contributed by atoms with Gasteiger partial charge in [0.1, 0.15) is 11.3 Å². The molecule has 4 rings (SSSR count). The molecule has 3 N–H and O–H groups in total. The number of aliphatic hydroxyl groups is 1. The number of carbonyl (C=O) groups excluding carboxylic acids is 1. The molecule has 0 aliphatic carbocycles. The lowest BCUT2D eigenvalue weighted by Crippen LogP contribution is -2.52. The van der Waals surface area contributed by atoms with Crippen LogP contribution in [0.15, 0.2) is 60.9 Å². The fourth-order valence-corrected chi connectivity index (χ4v) is 3.60. The molecule has 0 spiro atoms. The van der Waals surface area contributed by atoms with Crippen LogP contribution in [-0.2, 0) is 11.3 Å². The summed E-state index contributed by atoms with van der Waals surface area (Å²) >= 11 is 0. The number of ether oxygens (including phenoxy) is 1. The van der Waals surface area contributed by atoms with Crippen LogP contribution in [0, 0.1) is 0 Å². The monoisotopic (exact) mass is 407 g/mol. The molecule has 1 atom stereocenters. The van der Waals surface area contributed by atoms with E-state index in [2.05, 4.69) is 25.4 Å². The highest BCUT2D eigenvalue weighted by molar-refractivity contribution is 5.92. The largest absolute Gasteiger partial charge is 0.384 e. The van der Waals surface area contributed by atoms with Gasteiger partial charge in [-0.2, -0.15) is 5.10 Å². The molecule has 1 aromatic carbocycles. The lowest BCUT2D eigenvalue weighted by atomic mass is 10.0. The minimum Gasteiger partial charge on any atom is -0.384 e. The van der Waals surface area contributed by atoms with E-state index in [1.54, 1.807) is 24.4 Å². The van der Waals surface area contributed by atoms with Crippen molar-refractivity contribution in [3.63, 3.8) is 0 Å². The predicted molar refractivity (Wildman–Crippen MR) is 112 cm³/mol. The van der Waals surface area contributed by atoms with E-state index in [0.29, 0.717) is 31.9 Å². The molecule has 1 saturated heterocycles. The first-order valence-electron chi connectivity index (χ1n) is 9.92. The number of nitrogens with zero attached hydrogens (tertiary/aromatic N) is 3. The Bertz CT molecular complexity index is 963. The van der Waals surface area contributed by atoms with Gasteiger partial charge in [-0.05, 0) is 17.7 Å². The van der Waals surface area contributed by atoms with Gasteiger partial charge in [-0.25, -0.2) is 0 Å². The van der Waals surface area contributed by atoms with Gasteiger partial charge in [0.2, 0.25) is 0 Å². The van der Waals surface area contributed by atoms with Crippen LogP contribution in [0.25, 0.3) is 11.3 Å². The predicted octanol–water partition coefficient (Wildman–Crippen LogP) is 1.46. The Morgan fingerprint density at radius 2 is 2.07 bits per heavy atom. The first-order chi connectivity index (χ1) is 14.6. The van der Waals surface area contributed by atoms with Crippen LogP contribution in [0.5, 0.6) is 0 Å². The van der Waals surface area contributed by atoms with Gasteiger partial charge in [-0.3, -0.25) is 19.8 Å². The number of aromatic amines is 1. The van der Waals surface area contributed by atoms with E-state index in [4.69, 9.17) is 4.74 Å². The van der Waals surface area contributed by atoms with Crippen molar-refractivity contribution in [1.29, 1.82) is 0 Å². The van der Waals surface area contributed by atoms with E-state index in [0.717, 1.165) is 16.8 Å². The van der Waals surface area contributed by atoms with Crippen molar-refractivity contribution in [2.45, 2.75) is 12.1 Å². The molecular formula is C22H25N5O3. The second-order valence-corrected chi connectivity index (χ2v) is 7.52. The summed E-state index contributed by atoms with van der Waals surface area (Å²) in [6, 6.07) is 15.2. The summed E-state index contributed by atoms with van der Waals surface area (Å²) in [5.41, 5.74) is 2.19. The maximum atomic E-state index is 12.3. The highest BCUT2D eigenvalue weighted by Crippen LogP contribution is 2.23. The van der Waals surface area contributed by atoms with Crippen LogP contribution < -0.4 is 5.32 Å². The van der Waals surface area contributed by atoms with Gasteiger partial charge in [0.15, 0.2) is 0 Å². The van der Waals surface area contributed by atoms with E-state index in [9.17, 15) is 9.90 Å². The van der Waals surface area contributed by atoms with Gasteiger partial charge in [-0.15, -0.1) is 0 Å². The molecule has 30 heavy (non-hydrogen) atoms.